The lowest BCUT2D eigenvalue weighted by Crippen LogP contribution is -2.33. The van der Waals surface area contributed by atoms with Gasteiger partial charge in [-0.15, -0.1) is 6.58 Å². The van der Waals surface area contributed by atoms with E-state index in [0.29, 0.717) is 0 Å². The van der Waals surface area contributed by atoms with E-state index >= 15 is 0 Å². The number of hydrogen-bond donors (Lipinski definition) is 0. The standard InChI is InChI=1S/C43H52N4/c1-9-27-43(5)37-24-22-33-18-13-15-20-35(33)41(37)47(39(43)25-30-44(6)7)29-16-28-46-38(26-31-45(8)11-3)42(4,10-2)36-23-21-32-17-12-14-19-34(32)40(36)46/h9,12-15,17-26,30-31H,1,10-11,16,27-29H2,2-8H3/q+2. The van der Waals surface area contributed by atoms with Gasteiger partial charge in [-0.3, -0.25) is 0 Å². The summed E-state index contributed by atoms with van der Waals surface area (Å²) in [4.78, 5) is 5.28. The van der Waals surface area contributed by atoms with Gasteiger partial charge in [-0.05, 0) is 61.9 Å². The number of hydrogen-bond acceptors (Lipinski definition) is 2. The first kappa shape index (κ1) is 32.5. The maximum absolute atomic E-state index is 4.20. The number of benzene rings is 4. The van der Waals surface area contributed by atoms with Crippen LogP contribution in [0, 0.1) is 0 Å². The summed E-state index contributed by atoms with van der Waals surface area (Å²) >= 11 is 0. The summed E-state index contributed by atoms with van der Waals surface area (Å²) in [7, 11) is 6.37. The number of allylic oxidation sites excluding steroid dienone is 5. The van der Waals surface area contributed by atoms with Gasteiger partial charge in [0.2, 0.25) is 0 Å². The second-order valence-corrected chi connectivity index (χ2v) is 14.0. The van der Waals surface area contributed by atoms with Gasteiger partial charge in [-0.25, -0.2) is 9.15 Å². The highest BCUT2D eigenvalue weighted by atomic mass is 15.2. The molecule has 0 spiro atoms. The van der Waals surface area contributed by atoms with Gasteiger partial charge < -0.3 is 9.80 Å². The lowest BCUT2D eigenvalue weighted by atomic mass is 9.78. The van der Waals surface area contributed by atoms with E-state index in [1.165, 1.54) is 55.4 Å². The minimum atomic E-state index is -0.157. The lowest BCUT2D eigenvalue weighted by Gasteiger charge is -2.31. The lowest BCUT2D eigenvalue weighted by molar-refractivity contribution is -0.487. The van der Waals surface area contributed by atoms with Crippen LogP contribution in [0.2, 0.25) is 0 Å². The molecular weight excluding hydrogens is 573 g/mol. The highest BCUT2D eigenvalue weighted by Gasteiger charge is 2.45. The maximum atomic E-state index is 4.20. The summed E-state index contributed by atoms with van der Waals surface area (Å²) < 4.78 is 4.41. The Morgan fingerprint density at radius 3 is 1.70 bits per heavy atom. The van der Waals surface area contributed by atoms with Crippen molar-refractivity contribution in [2.45, 2.75) is 57.8 Å². The molecular formula is C43H52N4+2. The predicted octanol–water partition coefficient (Wildman–Crippen LogP) is 9.07. The zero-order valence-corrected chi connectivity index (χ0v) is 29.6. The van der Waals surface area contributed by atoms with Crippen LogP contribution in [0.1, 0.15) is 58.1 Å². The van der Waals surface area contributed by atoms with Crippen molar-refractivity contribution < 1.29 is 9.15 Å². The van der Waals surface area contributed by atoms with Crippen molar-refractivity contribution in [3.05, 3.63) is 120 Å². The number of rotatable bonds is 10. The molecule has 2 atom stereocenters. The Kier molecular flexibility index (Phi) is 8.98. The number of anilines is 2. The van der Waals surface area contributed by atoms with Gasteiger partial charge >= 0.3 is 0 Å². The summed E-state index contributed by atoms with van der Waals surface area (Å²) in [6.07, 6.45) is 14.2. The van der Waals surface area contributed by atoms with Gasteiger partial charge in [-0.1, -0.05) is 85.8 Å². The average Bonchev–Trinajstić information content (AvgIpc) is 3.47. The Labute approximate surface area is 282 Å². The van der Waals surface area contributed by atoms with E-state index in [0.717, 1.165) is 38.9 Å². The molecule has 2 aliphatic rings. The van der Waals surface area contributed by atoms with Crippen LogP contribution < -0.4 is 9.80 Å². The minimum absolute atomic E-state index is 0.0604. The maximum Gasteiger partial charge on any atom is 0.164 e. The third kappa shape index (κ3) is 5.52. The third-order valence-electron chi connectivity index (χ3n) is 10.8. The summed E-state index contributed by atoms with van der Waals surface area (Å²) in [5.41, 5.74) is 8.09. The molecule has 4 aromatic carbocycles. The molecule has 2 unspecified atom stereocenters. The first-order valence-electron chi connectivity index (χ1n) is 17.4. The molecule has 0 amide bonds. The molecule has 242 valence electrons. The van der Waals surface area contributed by atoms with Crippen LogP contribution in [-0.4, -0.2) is 62.4 Å². The fourth-order valence-corrected chi connectivity index (χ4v) is 7.89. The largest absolute Gasteiger partial charge is 0.343 e. The molecule has 0 bridgehead atoms. The molecule has 0 radical (unpaired) electrons. The Bertz CT molecular complexity index is 1960. The zero-order chi connectivity index (χ0) is 33.3. The molecule has 4 nitrogen and oxygen atoms in total. The summed E-state index contributed by atoms with van der Waals surface area (Å²) in [5, 5.41) is 5.25. The average molecular weight is 625 g/mol. The Balaban J connectivity index is 1.45. The van der Waals surface area contributed by atoms with E-state index in [-0.39, 0.29) is 10.8 Å². The Hall–Kier alpha value is -4.44. The second-order valence-electron chi connectivity index (χ2n) is 14.0. The number of nitrogens with zero attached hydrogens (tertiary/aromatic N) is 4. The van der Waals surface area contributed by atoms with Crippen LogP contribution >= 0.6 is 0 Å². The molecule has 2 aliphatic heterocycles. The van der Waals surface area contributed by atoms with E-state index in [1.54, 1.807) is 0 Å². The Morgan fingerprint density at radius 1 is 0.681 bits per heavy atom. The molecule has 0 aromatic heterocycles. The predicted molar refractivity (Wildman–Crippen MR) is 204 cm³/mol. The van der Waals surface area contributed by atoms with Crippen LogP contribution in [0.25, 0.3) is 21.5 Å². The van der Waals surface area contributed by atoms with Gasteiger partial charge in [0.05, 0.1) is 11.4 Å². The minimum Gasteiger partial charge on any atom is -0.343 e. The highest BCUT2D eigenvalue weighted by molar-refractivity contribution is 6.01. The fourth-order valence-electron chi connectivity index (χ4n) is 7.89. The highest BCUT2D eigenvalue weighted by Crippen LogP contribution is 2.54. The quantitative estimate of drug-likeness (QED) is 0.0992. The molecule has 0 saturated heterocycles. The molecule has 4 heteroatoms. The molecule has 2 heterocycles. The van der Waals surface area contributed by atoms with Gasteiger partial charge in [0.15, 0.2) is 12.4 Å². The van der Waals surface area contributed by atoms with Gasteiger partial charge in [0.1, 0.15) is 27.7 Å². The smallest absolute Gasteiger partial charge is 0.164 e. The van der Waals surface area contributed by atoms with Crippen molar-refractivity contribution in [1.82, 2.24) is 0 Å². The van der Waals surface area contributed by atoms with Crippen LogP contribution in [-0.2, 0) is 10.8 Å². The molecule has 6 rings (SSSR count). The van der Waals surface area contributed by atoms with E-state index < -0.39 is 0 Å². The SMILES string of the molecule is C=CCC1(C)/C(=C\C=[N+](C)C)N(CCCN2/C(=C/C=[N+](C)CC)C(C)(CC)c3ccc4ccccc4c32)c2c1ccc1ccccc21. The van der Waals surface area contributed by atoms with Crippen molar-refractivity contribution in [3.8, 4) is 0 Å². The first-order chi connectivity index (χ1) is 22.7. The normalized spacial score (nSPS) is 22.4. The molecule has 47 heavy (non-hydrogen) atoms. The molecule has 4 aromatic rings. The van der Waals surface area contributed by atoms with Crippen molar-refractivity contribution in [2.75, 3.05) is 50.6 Å². The topological polar surface area (TPSA) is 12.5 Å². The summed E-state index contributed by atoms with van der Waals surface area (Å²) in [6.45, 7) is 16.4. The van der Waals surface area contributed by atoms with Crippen molar-refractivity contribution in [1.29, 1.82) is 0 Å². The zero-order valence-electron chi connectivity index (χ0n) is 29.6. The molecule has 0 fully saturated rings. The van der Waals surface area contributed by atoms with Crippen LogP contribution in [0.15, 0.2) is 109 Å². The fraction of sp³-hybridized carbons (Fsp3) is 0.349. The second kappa shape index (κ2) is 13.0. The van der Waals surface area contributed by atoms with E-state index in [4.69, 9.17) is 0 Å². The van der Waals surface area contributed by atoms with Gasteiger partial charge in [-0.2, -0.15) is 0 Å². The number of fused-ring (bicyclic) bond motifs is 6. The third-order valence-corrected chi connectivity index (χ3v) is 10.8. The van der Waals surface area contributed by atoms with Crippen LogP contribution in [0.4, 0.5) is 11.4 Å². The van der Waals surface area contributed by atoms with Crippen molar-refractivity contribution in [2.24, 2.45) is 0 Å². The van der Waals surface area contributed by atoms with E-state index in [1.807, 2.05) is 0 Å². The van der Waals surface area contributed by atoms with Crippen molar-refractivity contribution in [3.63, 3.8) is 0 Å². The van der Waals surface area contributed by atoms with Crippen LogP contribution in [0.5, 0.6) is 0 Å². The van der Waals surface area contributed by atoms with Gasteiger partial charge in [0, 0.05) is 58.2 Å². The summed E-state index contributed by atoms with van der Waals surface area (Å²) in [6, 6.07) is 27.1. The first-order valence-corrected chi connectivity index (χ1v) is 17.4. The molecule has 0 saturated carbocycles. The summed E-state index contributed by atoms with van der Waals surface area (Å²) in [5.74, 6) is 0. The van der Waals surface area contributed by atoms with Gasteiger partial charge in [0.25, 0.3) is 0 Å². The van der Waals surface area contributed by atoms with E-state index in [2.05, 4.69) is 178 Å². The van der Waals surface area contributed by atoms with Crippen molar-refractivity contribution >= 4 is 45.3 Å². The van der Waals surface area contributed by atoms with E-state index in [9.17, 15) is 0 Å². The molecule has 0 aliphatic carbocycles. The monoisotopic (exact) mass is 624 g/mol. The Morgan fingerprint density at radius 2 is 1.19 bits per heavy atom. The van der Waals surface area contributed by atoms with Crippen LogP contribution in [0.3, 0.4) is 0 Å². The molecule has 0 N–H and O–H groups in total.